The van der Waals surface area contributed by atoms with Gasteiger partial charge in [-0.15, -0.1) is 0 Å². The second-order valence-corrected chi connectivity index (χ2v) is 10.8. The van der Waals surface area contributed by atoms with Crippen molar-refractivity contribution in [3.05, 3.63) is 36.0 Å². The Balaban J connectivity index is 1.54. The van der Waals surface area contributed by atoms with Crippen molar-refractivity contribution < 1.29 is 38.0 Å². The van der Waals surface area contributed by atoms with Gasteiger partial charge in [0, 0.05) is 26.7 Å². The topological polar surface area (TPSA) is 105 Å². The first-order valence-corrected chi connectivity index (χ1v) is 13.5. The second-order valence-electron chi connectivity index (χ2n) is 10.8. The maximum absolute atomic E-state index is 12.3. The average molecular weight is 536 g/mol. The van der Waals surface area contributed by atoms with Gasteiger partial charge >= 0.3 is 5.97 Å². The van der Waals surface area contributed by atoms with Crippen LogP contribution in [0.3, 0.4) is 0 Å². The molecule has 9 heteroatoms. The number of ether oxygens (including phenoxy) is 6. The number of carbonyl (C=O) groups excluding carboxylic acids is 2. The molecular weight excluding hydrogens is 490 g/mol. The number of carbonyl (C=O) groups is 2. The summed E-state index contributed by atoms with van der Waals surface area (Å²) in [6.45, 7) is 8.70. The van der Waals surface area contributed by atoms with Gasteiger partial charge < -0.3 is 33.7 Å². The first-order valence-electron chi connectivity index (χ1n) is 13.5. The quantitative estimate of drug-likeness (QED) is 0.186. The average Bonchev–Trinajstić information content (AvgIpc) is 3.65. The van der Waals surface area contributed by atoms with Gasteiger partial charge in [0.2, 0.25) is 5.91 Å². The second kappa shape index (κ2) is 13.8. The summed E-state index contributed by atoms with van der Waals surface area (Å²) in [7, 11) is 4.66. The van der Waals surface area contributed by atoms with Gasteiger partial charge in [-0.2, -0.15) is 0 Å². The smallest absolute Gasteiger partial charge is 0.308 e. The predicted molar refractivity (Wildman–Crippen MR) is 143 cm³/mol. The van der Waals surface area contributed by atoms with Gasteiger partial charge in [-0.3, -0.25) is 9.59 Å². The van der Waals surface area contributed by atoms with E-state index in [2.05, 4.69) is 18.3 Å². The van der Waals surface area contributed by atoms with Gasteiger partial charge in [-0.25, -0.2) is 0 Å². The molecule has 3 saturated heterocycles. The molecule has 3 heterocycles. The number of hydrogen-bond donors (Lipinski definition) is 1. The summed E-state index contributed by atoms with van der Waals surface area (Å²) in [5.41, 5.74) is 0.685. The molecule has 9 nitrogen and oxygen atoms in total. The molecule has 9 atom stereocenters. The van der Waals surface area contributed by atoms with E-state index in [1.54, 1.807) is 20.3 Å². The van der Waals surface area contributed by atoms with Crippen LogP contribution in [0.5, 0.6) is 0 Å². The van der Waals surface area contributed by atoms with Gasteiger partial charge in [0.05, 0.1) is 50.6 Å². The van der Waals surface area contributed by atoms with E-state index in [4.69, 9.17) is 28.4 Å². The highest BCUT2D eigenvalue weighted by molar-refractivity contribution is 5.87. The Hall–Kier alpha value is -2.04. The minimum Gasteiger partial charge on any atom is -0.469 e. The van der Waals surface area contributed by atoms with Crippen molar-refractivity contribution in [2.75, 3.05) is 27.9 Å². The Bertz CT molecular complexity index is 895. The van der Waals surface area contributed by atoms with Gasteiger partial charge in [0.1, 0.15) is 17.8 Å². The van der Waals surface area contributed by atoms with E-state index in [1.165, 1.54) is 13.2 Å². The zero-order valence-corrected chi connectivity index (χ0v) is 23.8. The number of epoxide rings is 1. The first-order chi connectivity index (χ1) is 18.1. The van der Waals surface area contributed by atoms with Crippen molar-refractivity contribution in [1.29, 1.82) is 0 Å². The molecule has 3 aliphatic rings. The van der Waals surface area contributed by atoms with Crippen LogP contribution in [0.1, 0.15) is 53.4 Å². The Morgan fingerprint density at radius 2 is 1.89 bits per heavy atom. The number of esters is 1. The summed E-state index contributed by atoms with van der Waals surface area (Å²) in [6, 6.07) is -0.0365. The lowest BCUT2D eigenvalue weighted by molar-refractivity contribution is -0.162. The third kappa shape index (κ3) is 8.23. The van der Waals surface area contributed by atoms with E-state index < -0.39 is 5.60 Å². The van der Waals surface area contributed by atoms with Crippen molar-refractivity contribution in [3.8, 4) is 0 Å². The van der Waals surface area contributed by atoms with Crippen molar-refractivity contribution in [3.63, 3.8) is 0 Å². The third-order valence-electron chi connectivity index (χ3n) is 7.79. The normalized spacial score (nSPS) is 36.5. The molecule has 0 radical (unpaired) electrons. The molecule has 0 aromatic carbocycles. The summed E-state index contributed by atoms with van der Waals surface area (Å²) in [5, 5.41) is 3.06. The predicted octanol–water partition coefficient (Wildman–Crippen LogP) is 3.27. The number of hydrogen-bond acceptors (Lipinski definition) is 8. The molecule has 1 N–H and O–H groups in total. The lowest BCUT2D eigenvalue weighted by atomic mass is 9.87. The van der Waals surface area contributed by atoms with Crippen molar-refractivity contribution in [2.45, 2.75) is 102 Å². The Labute approximate surface area is 226 Å². The van der Waals surface area contributed by atoms with E-state index >= 15 is 0 Å². The monoisotopic (exact) mass is 535 g/mol. The van der Waals surface area contributed by atoms with Crippen molar-refractivity contribution in [1.82, 2.24) is 5.32 Å². The van der Waals surface area contributed by atoms with Crippen LogP contribution in [0.4, 0.5) is 0 Å². The zero-order chi connectivity index (χ0) is 27.9. The van der Waals surface area contributed by atoms with Crippen LogP contribution in [0.15, 0.2) is 36.0 Å². The summed E-state index contributed by atoms with van der Waals surface area (Å²) >= 11 is 0. The molecule has 38 heavy (non-hydrogen) atoms. The summed E-state index contributed by atoms with van der Waals surface area (Å²) in [5.74, 6) is -0.139. The molecule has 3 fully saturated rings. The minimum absolute atomic E-state index is 0.0365. The largest absolute Gasteiger partial charge is 0.469 e. The van der Waals surface area contributed by atoms with Crippen LogP contribution < -0.4 is 5.32 Å². The number of nitrogens with one attached hydrogen (secondary N) is 1. The fraction of sp³-hybridized carbons (Fsp3) is 0.724. The molecule has 214 valence electrons. The molecule has 0 unspecified atom stereocenters. The van der Waals surface area contributed by atoms with Crippen LogP contribution in [0.2, 0.25) is 0 Å². The van der Waals surface area contributed by atoms with Gasteiger partial charge in [-0.1, -0.05) is 36.8 Å². The van der Waals surface area contributed by atoms with Crippen LogP contribution in [-0.2, 0) is 38.0 Å². The van der Waals surface area contributed by atoms with Crippen molar-refractivity contribution in [2.24, 2.45) is 5.92 Å². The van der Waals surface area contributed by atoms with Crippen LogP contribution in [0, 0.1) is 5.92 Å². The third-order valence-corrected chi connectivity index (χ3v) is 7.79. The number of allylic oxidation sites excluding steroid dienone is 2. The maximum atomic E-state index is 12.3. The van der Waals surface area contributed by atoms with Crippen LogP contribution in [0.25, 0.3) is 0 Å². The van der Waals surface area contributed by atoms with Crippen molar-refractivity contribution >= 4 is 11.9 Å². The summed E-state index contributed by atoms with van der Waals surface area (Å²) < 4.78 is 34.0. The van der Waals surface area contributed by atoms with E-state index in [0.717, 1.165) is 18.4 Å². The molecule has 1 amide bonds. The highest BCUT2D eigenvalue weighted by Gasteiger charge is 2.59. The molecule has 0 aliphatic carbocycles. The van der Waals surface area contributed by atoms with E-state index in [0.29, 0.717) is 13.0 Å². The molecule has 3 aliphatic heterocycles. The highest BCUT2D eigenvalue weighted by atomic mass is 16.6. The Morgan fingerprint density at radius 1 is 1.16 bits per heavy atom. The molecule has 1 spiro atoms. The van der Waals surface area contributed by atoms with Crippen LogP contribution in [-0.4, -0.2) is 88.1 Å². The summed E-state index contributed by atoms with van der Waals surface area (Å²) in [4.78, 5) is 24.1. The Morgan fingerprint density at radius 3 is 2.53 bits per heavy atom. The molecule has 0 saturated carbocycles. The zero-order valence-electron chi connectivity index (χ0n) is 23.8. The molecule has 0 aromatic heterocycles. The summed E-state index contributed by atoms with van der Waals surface area (Å²) in [6.07, 6.45) is 10.9. The van der Waals surface area contributed by atoms with E-state index in [-0.39, 0.29) is 66.9 Å². The molecular formula is C29H45NO8. The van der Waals surface area contributed by atoms with E-state index in [9.17, 15) is 9.59 Å². The number of methoxy groups -OCH3 is 3. The van der Waals surface area contributed by atoms with Gasteiger partial charge in [0.25, 0.3) is 0 Å². The van der Waals surface area contributed by atoms with E-state index in [1.807, 2.05) is 32.9 Å². The lowest BCUT2D eigenvalue weighted by Gasteiger charge is -2.39. The lowest BCUT2D eigenvalue weighted by Crippen LogP contribution is -2.51. The highest BCUT2D eigenvalue weighted by Crippen LogP contribution is 2.44. The molecule has 0 bridgehead atoms. The minimum atomic E-state index is -0.399. The number of amides is 1. The molecule has 0 aromatic rings. The fourth-order valence-electron chi connectivity index (χ4n) is 5.26. The van der Waals surface area contributed by atoms with Gasteiger partial charge in [0.15, 0.2) is 0 Å². The van der Waals surface area contributed by atoms with Crippen LogP contribution >= 0.6 is 0 Å². The standard InChI is InChI=1S/C29H45NO8/c1-18(9-12-25-28(35-7)29(17-36-29)16-22(38-25)15-27(32)34-6)8-11-24-19(2)14-23(21(4)37-24)30-26(31)13-10-20(3)33-5/h8-10,12-13,19-25,28H,11,14-17H2,1-7H3,(H,30,31)/b12-9+,13-10-,18-8+/t19-,20-,21+,22+,23+,24-,25+,28+,29+/m0/s1. The SMILES string of the molecule is COC(=O)C[C@@H]1C[C@@]2(CO2)[C@H](OC)[C@@H](/C=C/C(C)=C/C[C@@H]2O[C@H](C)[C@H](NC(=O)/C=C\[C@H](C)OC)C[C@@H]2C)O1. The molecule has 3 rings (SSSR count). The maximum Gasteiger partial charge on any atom is 0.308 e. The first kappa shape index (κ1) is 30.5. The fourth-order valence-corrected chi connectivity index (χ4v) is 5.26. The van der Waals surface area contributed by atoms with Gasteiger partial charge in [-0.05, 0) is 39.5 Å². The Kier molecular flexibility index (Phi) is 11.1. The number of rotatable bonds is 11.